The minimum atomic E-state index is -3.48. The standard InChI is InChI=1S/C15H13N3O4S2/c1-24(21,22)12-5-3-2-4-11(12)17-13(19)8-18-9-16-14-10(15(18)20)6-7-23-14/h2-7,9H,8H2,1H3,(H,17,19). The number of nitrogens with zero attached hydrogens (tertiary/aromatic N) is 2. The van der Waals surface area contributed by atoms with E-state index >= 15 is 0 Å². The van der Waals surface area contributed by atoms with Gasteiger partial charge in [0.05, 0.1) is 22.3 Å². The molecule has 0 unspecified atom stereocenters. The molecule has 9 heteroatoms. The highest BCUT2D eigenvalue weighted by molar-refractivity contribution is 7.90. The number of rotatable bonds is 4. The van der Waals surface area contributed by atoms with E-state index < -0.39 is 15.7 Å². The molecule has 2 heterocycles. The van der Waals surface area contributed by atoms with Gasteiger partial charge in [-0.2, -0.15) is 0 Å². The van der Waals surface area contributed by atoms with E-state index in [9.17, 15) is 18.0 Å². The van der Waals surface area contributed by atoms with Gasteiger partial charge in [0.15, 0.2) is 9.84 Å². The Hall–Kier alpha value is -2.52. The van der Waals surface area contributed by atoms with Crippen molar-refractivity contribution in [2.45, 2.75) is 11.4 Å². The molecule has 24 heavy (non-hydrogen) atoms. The number of carbonyl (C=O) groups excluding carboxylic acids is 1. The summed E-state index contributed by atoms with van der Waals surface area (Å²) in [5.41, 5.74) is -0.129. The van der Waals surface area contributed by atoms with E-state index in [0.29, 0.717) is 10.2 Å². The average molecular weight is 363 g/mol. The minimum absolute atomic E-state index is 0.0251. The maximum absolute atomic E-state index is 12.3. The van der Waals surface area contributed by atoms with Crippen LogP contribution < -0.4 is 10.9 Å². The van der Waals surface area contributed by atoms with Crippen LogP contribution in [-0.2, 0) is 21.2 Å². The van der Waals surface area contributed by atoms with Gasteiger partial charge < -0.3 is 5.32 Å². The second-order valence-electron chi connectivity index (χ2n) is 5.13. The van der Waals surface area contributed by atoms with E-state index in [2.05, 4.69) is 10.3 Å². The van der Waals surface area contributed by atoms with Gasteiger partial charge in [-0.25, -0.2) is 13.4 Å². The Balaban J connectivity index is 1.86. The van der Waals surface area contributed by atoms with Crippen molar-refractivity contribution in [2.24, 2.45) is 0 Å². The van der Waals surface area contributed by atoms with Gasteiger partial charge in [0.25, 0.3) is 5.56 Å². The molecule has 0 aliphatic rings. The summed E-state index contributed by atoms with van der Waals surface area (Å²) in [7, 11) is -3.48. The first-order valence-electron chi connectivity index (χ1n) is 6.88. The number of nitrogens with one attached hydrogen (secondary N) is 1. The smallest absolute Gasteiger partial charge is 0.262 e. The van der Waals surface area contributed by atoms with Gasteiger partial charge in [0.2, 0.25) is 5.91 Å². The summed E-state index contributed by atoms with van der Waals surface area (Å²) in [5, 5.41) is 4.74. The Morgan fingerprint density at radius 1 is 1.29 bits per heavy atom. The summed E-state index contributed by atoms with van der Waals surface area (Å²) in [6.07, 6.45) is 2.38. The number of aromatic nitrogens is 2. The SMILES string of the molecule is CS(=O)(=O)c1ccccc1NC(=O)Cn1cnc2sccc2c1=O. The number of amides is 1. The Morgan fingerprint density at radius 2 is 2.04 bits per heavy atom. The van der Waals surface area contributed by atoms with Gasteiger partial charge in [-0.1, -0.05) is 12.1 Å². The van der Waals surface area contributed by atoms with Crippen molar-refractivity contribution in [1.29, 1.82) is 0 Å². The van der Waals surface area contributed by atoms with Crippen molar-refractivity contribution in [1.82, 2.24) is 9.55 Å². The number of sulfone groups is 1. The molecule has 3 aromatic rings. The van der Waals surface area contributed by atoms with Crippen LogP contribution in [0.2, 0.25) is 0 Å². The molecular formula is C15H13N3O4S2. The predicted molar refractivity (Wildman–Crippen MR) is 92.1 cm³/mol. The largest absolute Gasteiger partial charge is 0.323 e. The third kappa shape index (κ3) is 3.22. The molecule has 7 nitrogen and oxygen atoms in total. The molecule has 0 saturated carbocycles. The molecule has 1 amide bonds. The number of benzene rings is 1. The molecule has 0 atom stereocenters. The Bertz CT molecular complexity index is 1080. The molecule has 124 valence electrons. The van der Waals surface area contributed by atoms with Crippen molar-refractivity contribution in [3.8, 4) is 0 Å². The Labute approximate surface area is 141 Å². The number of thiophene rings is 1. The van der Waals surface area contributed by atoms with E-state index in [-0.39, 0.29) is 22.7 Å². The number of hydrogen-bond acceptors (Lipinski definition) is 6. The Morgan fingerprint density at radius 3 is 2.79 bits per heavy atom. The lowest BCUT2D eigenvalue weighted by Gasteiger charge is -2.10. The van der Waals surface area contributed by atoms with E-state index in [1.807, 2.05) is 0 Å². The molecule has 1 N–H and O–H groups in total. The zero-order valence-electron chi connectivity index (χ0n) is 12.6. The predicted octanol–water partition coefficient (Wildman–Crippen LogP) is 1.50. The fourth-order valence-corrected chi connectivity index (χ4v) is 3.81. The maximum atomic E-state index is 12.3. The average Bonchev–Trinajstić information content (AvgIpc) is 2.99. The second kappa shape index (κ2) is 6.17. The first-order valence-corrected chi connectivity index (χ1v) is 9.65. The van der Waals surface area contributed by atoms with Gasteiger partial charge in [0, 0.05) is 6.26 Å². The number of carbonyl (C=O) groups is 1. The summed E-state index contributed by atoms with van der Waals surface area (Å²) in [4.78, 5) is 29.2. The lowest BCUT2D eigenvalue weighted by Crippen LogP contribution is -2.28. The van der Waals surface area contributed by atoms with Crippen molar-refractivity contribution in [3.05, 3.63) is 52.4 Å². The number of fused-ring (bicyclic) bond motifs is 1. The van der Waals surface area contributed by atoms with Crippen molar-refractivity contribution < 1.29 is 13.2 Å². The summed E-state index contributed by atoms with van der Waals surface area (Å²) in [5.74, 6) is -0.510. The first-order chi connectivity index (χ1) is 11.4. The van der Waals surface area contributed by atoms with Gasteiger partial charge in [-0.3, -0.25) is 14.2 Å². The molecule has 0 spiro atoms. The van der Waals surface area contributed by atoms with E-state index in [1.54, 1.807) is 23.6 Å². The molecule has 2 aromatic heterocycles. The highest BCUT2D eigenvalue weighted by Gasteiger charge is 2.15. The minimum Gasteiger partial charge on any atom is -0.323 e. The number of hydrogen-bond donors (Lipinski definition) is 1. The summed E-state index contributed by atoms with van der Waals surface area (Å²) in [6.45, 7) is -0.254. The van der Waals surface area contributed by atoms with Crippen molar-refractivity contribution >= 4 is 43.0 Å². The van der Waals surface area contributed by atoms with E-state index in [1.165, 1.54) is 34.4 Å². The van der Waals surface area contributed by atoms with E-state index in [0.717, 1.165) is 6.26 Å². The van der Waals surface area contributed by atoms with Gasteiger partial charge in [-0.05, 0) is 23.6 Å². The molecule has 0 fully saturated rings. The quantitative estimate of drug-likeness (QED) is 0.757. The molecule has 3 rings (SSSR count). The van der Waals surface area contributed by atoms with Crippen LogP contribution in [0, 0.1) is 0 Å². The van der Waals surface area contributed by atoms with Gasteiger partial charge >= 0.3 is 0 Å². The Kier molecular flexibility index (Phi) is 4.20. The molecular weight excluding hydrogens is 350 g/mol. The molecule has 0 saturated heterocycles. The summed E-state index contributed by atoms with van der Waals surface area (Å²) in [6, 6.07) is 7.76. The third-order valence-corrected chi connectivity index (χ3v) is 5.30. The fraction of sp³-hybridized carbons (Fsp3) is 0.133. The van der Waals surface area contributed by atoms with Crippen LogP contribution in [0.1, 0.15) is 0 Å². The van der Waals surface area contributed by atoms with Crippen LogP contribution in [0.15, 0.2) is 51.7 Å². The molecule has 0 aliphatic carbocycles. The number of para-hydroxylation sites is 1. The van der Waals surface area contributed by atoms with Crippen molar-refractivity contribution in [3.63, 3.8) is 0 Å². The molecule has 1 aromatic carbocycles. The molecule has 0 aliphatic heterocycles. The highest BCUT2D eigenvalue weighted by atomic mass is 32.2. The highest BCUT2D eigenvalue weighted by Crippen LogP contribution is 2.20. The van der Waals surface area contributed by atoms with E-state index in [4.69, 9.17) is 0 Å². The molecule has 0 radical (unpaired) electrons. The number of anilines is 1. The zero-order valence-corrected chi connectivity index (χ0v) is 14.2. The molecule has 0 bridgehead atoms. The van der Waals surface area contributed by atoms with Crippen LogP contribution in [0.25, 0.3) is 10.2 Å². The second-order valence-corrected chi connectivity index (χ2v) is 8.01. The normalized spacial score (nSPS) is 11.5. The zero-order chi connectivity index (χ0) is 17.3. The third-order valence-electron chi connectivity index (χ3n) is 3.33. The lowest BCUT2D eigenvalue weighted by molar-refractivity contribution is -0.116. The van der Waals surface area contributed by atoms with Crippen molar-refractivity contribution in [2.75, 3.05) is 11.6 Å². The van der Waals surface area contributed by atoms with Crippen LogP contribution in [-0.4, -0.2) is 30.1 Å². The van der Waals surface area contributed by atoms with Crippen LogP contribution in [0.4, 0.5) is 5.69 Å². The topological polar surface area (TPSA) is 98.1 Å². The van der Waals surface area contributed by atoms with Gasteiger partial charge in [0.1, 0.15) is 11.4 Å². The van der Waals surface area contributed by atoms with Crippen LogP contribution in [0.3, 0.4) is 0 Å². The van der Waals surface area contributed by atoms with Gasteiger partial charge in [-0.15, -0.1) is 11.3 Å². The summed E-state index contributed by atoms with van der Waals surface area (Å²) < 4.78 is 24.7. The maximum Gasteiger partial charge on any atom is 0.262 e. The van der Waals surface area contributed by atoms with Crippen LogP contribution in [0.5, 0.6) is 0 Å². The monoisotopic (exact) mass is 363 g/mol. The first kappa shape index (κ1) is 16.3. The van der Waals surface area contributed by atoms with Crippen LogP contribution >= 0.6 is 11.3 Å². The fourth-order valence-electron chi connectivity index (χ4n) is 2.24. The summed E-state index contributed by atoms with van der Waals surface area (Å²) >= 11 is 1.34. The lowest BCUT2D eigenvalue weighted by atomic mass is 10.3.